The van der Waals surface area contributed by atoms with Crippen molar-refractivity contribution >= 4 is 18.2 Å². The number of ether oxygens (including phenoxy) is 3. The number of carbonyl (C=O) groups is 2. The minimum Gasteiger partial charge on any atom is -0.497 e. The Labute approximate surface area is 128 Å². The molecular weight excluding hydrogens is 286 g/mol. The number of rotatable bonds is 6. The third kappa shape index (κ3) is 3.94. The molecule has 116 valence electrons. The lowest BCUT2D eigenvalue weighted by Crippen LogP contribution is -2.25. The zero-order chi connectivity index (χ0) is 15.9. The largest absolute Gasteiger partial charge is 0.497 e. The van der Waals surface area contributed by atoms with Crippen molar-refractivity contribution in [3.63, 3.8) is 0 Å². The fourth-order valence-corrected chi connectivity index (χ4v) is 2.03. The van der Waals surface area contributed by atoms with Gasteiger partial charge in [-0.3, -0.25) is 0 Å². The molecule has 0 N–H and O–H groups in total. The number of hydrogen-bond donors (Lipinski definition) is 0. The van der Waals surface area contributed by atoms with Gasteiger partial charge in [-0.1, -0.05) is 12.1 Å². The first-order valence-corrected chi connectivity index (χ1v) is 6.81. The van der Waals surface area contributed by atoms with Gasteiger partial charge in [-0.15, -0.1) is 0 Å². The van der Waals surface area contributed by atoms with Crippen LogP contribution in [-0.2, 0) is 19.1 Å². The summed E-state index contributed by atoms with van der Waals surface area (Å²) in [6.45, 7) is 0.0557. The molecule has 2 rings (SSSR count). The molecule has 1 aromatic rings. The van der Waals surface area contributed by atoms with E-state index in [1.807, 2.05) is 12.3 Å². The molecule has 1 aliphatic heterocycles. The Kier molecular flexibility index (Phi) is 5.30. The number of allylic oxidation sites excluding steroid dienone is 1. The van der Waals surface area contributed by atoms with Crippen LogP contribution in [0.3, 0.4) is 0 Å². The van der Waals surface area contributed by atoms with Gasteiger partial charge < -0.3 is 14.2 Å². The van der Waals surface area contributed by atoms with E-state index in [2.05, 4.69) is 0 Å². The van der Waals surface area contributed by atoms with Crippen molar-refractivity contribution in [2.24, 2.45) is 0 Å². The van der Waals surface area contributed by atoms with Gasteiger partial charge in [0.05, 0.1) is 14.2 Å². The maximum absolute atomic E-state index is 12.0. The van der Waals surface area contributed by atoms with Gasteiger partial charge in [-0.2, -0.15) is 4.58 Å². The summed E-state index contributed by atoms with van der Waals surface area (Å²) in [4.78, 5) is 23.8. The van der Waals surface area contributed by atoms with E-state index in [9.17, 15) is 9.59 Å². The second-order valence-electron chi connectivity index (χ2n) is 4.64. The number of nitrogens with zero attached hydrogens (tertiary/aromatic N) is 1. The molecule has 1 aliphatic rings. The van der Waals surface area contributed by atoms with Crippen molar-refractivity contribution in [1.29, 1.82) is 0 Å². The molecular formula is C16H18NO5+. The molecule has 1 atom stereocenters. The first kappa shape index (κ1) is 15.8. The first-order valence-electron chi connectivity index (χ1n) is 6.81. The van der Waals surface area contributed by atoms with Crippen LogP contribution >= 0.6 is 0 Å². The summed E-state index contributed by atoms with van der Waals surface area (Å²) in [6, 6.07) is 6.71. The molecule has 0 fully saturated rings. The highest BCUT2D eigenvalue weighted by Crippen LogP contribution is 2.22. The minimum absolute atomic E-state index is 0.0557. The second kappa shape index (κ2) is 7.40. The lowest BCUT2D eigenvalue weighted by Gasteiger charge is -2.15. The number of esters is 2. The molecule has 0 saturated heterocycles. The topological polar surface area (TPSA) is 64.8 Å². The number of methoxy groups -OCH3 is 2. The third-order valence-electron chi connectivity index (χ3n) is 3.17. The smallest absolute Gasteiger partial charge is 0.373 e. The molecule has 6 nitrogen and oxygen atoms in total. The second-order valence-corrected chi connectivity index (χ2v) is 4.64. The number of carbonyl (C=O) groups excluding carboxylic acids is 2. The fraction of sp³-hybridized carbons (Fsp3) is 0.312. The molecule has 0 amide bonds. The molecule has 0 bridgehead atoms. The van der Waals surface area contributed by atoms with Crippen molar-refractivity contribution in [3.8, 4) is 5.75 Å². The molecule has 22 heavy (non-hydrogen) atoms. The molecule has 0 aromatic heterocycles. The monoisotopic (exact) mass is 304 g/mol. The summed E-state index contributed by atoms with van der Waals surface area (Å²) in [5, 5.41) is 0. The van der Waals surface area contributed by atoms with Crippen LogP contribution in [0.4, 0.5) is 0 Å². The first-order chi connectivity index (χ1) is 10.6. The Morgan fingerprint density at radius 1 is 1.23 bits per heavy atom. The van der Waals surface area contributed by atoms with E-state index in [0.717, 1.165) is 6.42 Å². The summed E-state index contributed by atoms with van der Waals surface area (Å²) < 4.78 is 16.8. The van der Waals surface area contributed by atoms with Crippen molar-refractivity contribution in [2.45, 2.75) is 12.5 Å². The average molecular weight is 304 g/mol. The summed E-state index contributed by atoms with van der Waals surface area (Å²) >= 11 is 0. The standard InChI is InChI=1S/C16H18NO5/c1-20-13-7-5-12(6-8-13)15(16(19)21-2)22-14(18)11-17-9-3-4-10-17/h3,5-10,15H,4,11H2,1-2H3/q+1. The Bertz CT molecular complexity index is 603. The van der Waals surface area contributed by atoms with E-state index < -0.39 is 18.0 Å². The Balaban J connectivity index is 2.09. The Hall–Kier alpha value is -2.63. The van der Waals surface area contributed by atoms with Gasteiger partial charge in [-0.25, -0.2) is 9.59 Å². The molecule has 1 unspecified atom stereocenters. The van der Waals surface area contributed by atoms with Crippen molar-refractivity contribution in [2.75, 3.05) is 20.8 Å². The van der Waals surface area contributed by atoms with Crippen LogP contribution in [0.5, 0.6) is 5.75 Å². The van der Waals surface area contributed by atoms with Gasteiger partial charge in [0.1, 0.15) is 12.0 Å². The van der Waals surface area contributed by atoms with Gasteiger partial charge in [0.25, 0.3) is 0 Å². The summed E-state index contributed by atoms with van der Waals surface area (Å²) in [6.07, 6.45) is 5.28. The highest BCUT2D eigenvalue weighted by atomic mass is 16.6. The van der Waals surface area contributed by atoms with Crippen LogP contribution in [-0.4, -0.2) is 43.5 Å². The molecule has 0 radical (unpaired) electrons. The van der Waals surface area contributed by atoms with E-state index >= 15 is 0 Å². The minimum atomic E-state index is -1.09. The van der Waals surface area contributed by atoms with Crippen LogP contribution in [0.2, 0.25) is 0 Å². The molecule has 1 aromatic carbocycles. The fourth-order valence-electron chi connectivity index (χ4n) is 2.03. The summed E-state index contributed by atoms with van der Waals surface area (Å²) in [5.41, 5.74) is 0.530. The number of hydrogen-bond acceptors (Lipinski definition) is 5. The molecule has 0 spiro atoms. The predicted octanol–water partition coefficient (Wildman–Crippen LogP) is 1.45. The maximum Gasteiger partial charge on any atom is 0.373 e. The zero-order valence-corrected chi connectivity index (χ0v) is 12.5. The van der Waals surface area contributed by atoms with Crippen molar-refractivity contribution < 1.29 is 28.4 Å². The Morgan fingerprint density at radius 3 is 2.50 bits per heavy atom. The average Bonchev–Trinajstić information content (AvgIpc) is 3.05. The van der Waals surface area contributed by atoms with Crippen molar-refractivity contribution in [3.05, 3.63) is 42.1 Å². The van der Waals surface area contributed by atoms with Crippen LogP contribution in [0.15, 0.2) is 36.5 Å². The number of benzene rings is 1. The summed E-state index contributed by atoms with van der Waals surface area (Å²) in [7, 11) is 2.80. The van der Waals surface area contributed by atoms with E-state index in [1.165, 1.54) is 7.11 Å². The van der Waals surface area contributed by atoms with Gasteiger partial charge in [0, 0.05) is 12.0 Å². The van der Waals surface area contributed by atoms with E-state index in [1.54, 1.807) is 42.2 Å². The van der Waals surface area contributed by atoms with Crippen LogP contribution < -0.4 is 4.74 Å². The lowest BCUT2D eigenvalue weighted by molar-refractivity contribution is -0.440. The predicted molar refractivity (Wildman–Crippen MR) is 78.8 cm³/mol. The van der Waals surface area contributed by atoms with Crippen LogP contribution in [0.25, 0.3) is 0 Å². The quantitative estimate of drug-likeness (QED) is 0.588. The van der Waals surface area contributed by atoms with Gasteiger partial charge >= 0.3 is 11.9 Å². The Morgan fingerprint density at radius 2 is 1.95 bits per heavy atom. The molecule has 1 heterocycles. The molecule has 6 heteroatoms. The van der Waals surface area contributed by atoms with Crippen LogP contribution in [0, 0.1) is 0 Å². The van der Waals surface area contributed by atoms with E-state index in [0.29, 0.717) is 11.3 Å². The SMILES string of the molecule is COC(=O)C(OC(=O)C[N+]1=CCC=C1)c1ccc(OC)cc1. The van der Waals surface area contributed by atoms with Crippen molar-refractivity contribution in [1.82, 2.24) is 0 Å². The maximum atomic E-state index is 12.0. The molecule has 0 saturated carbocycles. The highest BCUT2D eigenvalue weighted by Gasteiger charge is 2.27. The molecule has 0 aliphatic carbocycles. The third-order valence-corrected chi connectivity index (χ3v) is 3.17. The zero-order valence-electron chi connectivity index (χ0n) is 12.5. The van der Waals surface area contributed by atoms with E-state index in [4.69, 9.17) is 14.2 Å². The van der Waals surface area contributed by atoms with E-state index in [-0.39, 0.29) is 6.54 Å². The van der Waals surface area contributed by atoms with Gasteiger partial charge in [0.15, 0.2) is 6.20 Å². The lowest BCUT2D eigenvalue weighted by atomic mass is 10.1. The highest BCUT2D eigenvalue weighted by molar-refractivity contribution is 5.81. The normalized spacial score (nSPS) is 14.2. The summed E-state index contributed by atoms with van der Waals surface area (Å²) in [5.74, 6) is -0.482. The van der Waals surface area contributed by atoms with Gasteiger partial charge in [0.2, 0.25) is 12.6 Å². The van der Waals surface area contributed by atoms with Gasteiger partial charge in [-0.05, 0) is 18.2 Å². The van der Waals surface area contributed by atoms with Crippen LogP contribution in [0.1, 0.15) is 18.1 Å².